The maximum atomic E-state index is 6.04. The van der Waals surface area contributed by atoms with Gasteiger partial charge in [0.05, 0.1) is 0 Å². The molecule has 0 radical (unpaired) electrons. The van der Waals surface area contributed by atoms with Gasteiger partial charge in [-0.1, -0.05) is 84.6 Å². The minimum absolute atomic E-state index is 0. The molecular formula is C17H36ClN. The maximum Gasteiger partial charge on any atom is 0.0273 e. The molecule has 0 aromatic heterocycles. The van der Waals surface area contributed by atoms with Gasteiger partial charge in [-0.15, -0.1) is 19.0 Å². The summed E-state index contributed by atoms with van der Waals surface area (Å²) in [6.45, 7) is 10.6. The summed E-state index contributed by atoms with van der Waals surface area (Å²) in [5, 5.41) is 0. The van der Waals surface area contributed by atoms with Gasteiger partial charge in [0.2, 0.25) is 0 Å². The average molecular weight is 290 g/mol. The number of halogens is 1. The van der Waals surface area contributed by atoms with E-state index in [0.29, 0.717) is 0 Å². The van der Waals surface area contributed by atoms with E-state index in [1.807, 2.05) is 6.08 Å². The van der Waals surface area contributed by atoms with Crippen molar-refractivity contribution in [3.63, 3.8) is 0 Å². The molecule has 116 valence electrons. The third-order valence-corrected chi connectivity index (χ3v) is 4.08. The zero-order valence-electron chi connectivity index (χ0n) is 13.4. The van der Waals surface area contributed by atoms with Crippen molar-refractivity contribution >= 4 is 12.4 Å². The van der Waals surface area contributed by atoms with E-state index in [0.717, 1.165) is 0 Å². The van der Waals surface area contributed by atoms with Crippen LogP contribution in [0.4, 0.5) is 0 Å². The first-order valence-electron chi connectivity index (χ1n) is 7.92. The van der Waals surface area contributed by atoms with Gasteiger partial charge in [-0.05, 0) is 11.8 Å². The van der Waals surface area contributed by atoms with E-state index in [4.69, 9.17) is 5.73 Å². The van der Waals surface area contributed by atoms with Crippen molar-refractivity contribution in [2.24, 2.45) is 11.1 Å². The quantitative estimate of drug-likeness (QED) is 0.353. The van der Waals surface area contributed by atoms with Crippen LogP contribution in [0.5, 0.6) is 0 Å². The maximum absolute atomic E-state index is 6.04. The van der Waals surface area contributed by atoms with Crippen LogP contribution in [-0.2, 0) is 0 Å². The largest absolute Gasteiger partial charge is 0.324 e. The van der Waals surface area contributed by atoms with E-state index in [2.05, 4.69) is 27.4 Å². The van der Waals surface area contributed by atoms with Crippen molar-refractivity contribution in [3.05, 3.63) is 12.7 Å². The molecule has 2 heteroatoms. The third-order valence-electron chi connectivity index (χ3n) is 4.08. The molecule has 1 nitrogen and oxygen atoms in total. The van der Waals surface area contributed by atoms with Crippen LogP contribution in [0.1, 0.15) is 85.0 Å². The lowest BCUT2D eigenvalue weighted by Crippen LogP contribution is -2.35. The SMILES string of the molecule is C=CC(N)C(C)(C)CCCCCCCCCCC.Cl. The predicted molar refractivity (Wildman–Crippen MR) is 91.0 cm³/mol. The van der Waals surface area contributed by atoms with Crippen LogP contribution in [0.3, 0.4) is 0 Å². The Morgan fingerprint density at radius 1 is 0.947 bits per heavy atom. The van der Waals surface area contributed by atoms with Gasteiger partial charge in [-0.25, -0.2) is 0 Å². The first-order valence-corrected chi connectivity index (χ1v) is 7.92. The molecule has 0 saturated carbocycles. The summed E-state index contributed by atoms with van der Waals surface area (Å²) in [5.41, 5.74) is 6.25. The molecule has 0 aromatic rings. The van der Waals surface area contributed by atoms with Gasteiger partial charge in [0.25, 0.3) is 0 Å². The summed E-state index contributed by atoms with van der Waals surface area (Å²) >= 11 is 0. The zero-order chi connectivity index (χ0) is 13.9. The molecule has 0 rings (SSSR count). The van der Waals surface area contributed by atoms with Crippen LogP contribution in [0.2, 0.25) is 0 Å². The lowest BCUT2D eigenvalue weighted by molar-refractivity contribution is 0.285. The lowest BCUT2D eigenvalue weighted by Gasteiger charge is -2.29. The van der Waals surface area contributed by atoms with Crippen molar-refractivity contribution in [2.75, 3.05) is 0 Å². The van der Waals surface area contributed by atoms with Crippen molar-refractivity contribution in [3.8, 4) is 0 Å². The highest BCUT2D eigenvalue weighted by Crippen LogP contribution is 2.27. The zero-order valence-corrected chi connectivity index (χ0v) is 14.2. The van der Waals surface area contributed by atoms with E-state index in [9.17, 15) is 0 Å². The second kappa shape index (κ2) is 13.0. The molecule has 0 fully saturated rings. The highest BCUT2D eigenvalue weighted by molar-refractivity contribution is 5.85. The van der Waals surface area contributed by atoms with Crippen LogP contribution in [0.15, 0.2) is 12.7 Å². The molecule has 0 bridgehead atoms. The highest BCUT2D eigenvalue weighted by atomic mass is 35.5. The Morgan fingerprint density at radius 3 is 1.79 bits per heavy atom. The molecule has 19 heavy (non-hydrogen) atoms. The topological polar surface area (TPSA) is 26.0 Å². The standard InChI is InChI=1S/C17H35N.ClH/c1-5-7-8-9-10-11-12-13-14-15-17(3,4)16(18)6-2;/h6,16H,2,5,7-15,18H2,1,3-4H3;1H. The molecule has 0 aromatic carbocycles. The lowest BCUT2D eigenvalue weighted by atomic mass is 9.80. The number of unbranched alkanes of at least 4 members (excludes halogenated alkanes) is 8. The Bertz CT molecular complexity index is 201. The highest BCUT2D eigenvalue weighted by Gasteiger charge is 2.23. The summed E-state index contributed by atoms with van der Waals surface area (Å²) in [7, 11) is 0. The van der Waals surface area contributed by atoms with Crippen LogP contribution < -0.4 is 5.73 Å². The fourth-order valence-corrected chi connectivity index (χ4v) is 2.38. The second-order valence-corrected chi connectivity index (χ2v) is 6.33. The second-order valence-electron chi connectivity index (χ2n) is 6.33. The van der Waals surface area contributed by atoms with Crippen molar-refractivity contribution in [1.82, 2.24) is 0 Å². The molecule has 2 N–H and O–H groups in total. The summed E-state index contributed by atoms with van der Waals surface area (Å²) in [5.74, 6) is 0. The summed E-state index contributed by atoms with van der Waals surface area (Å²) in [4.78, 5) is 0. The monoisotopic (exact) mass is 289 g/mol. The van der Waals surface area contributed by atoms with Gasteiger partial charge in [0.1, 0.15) is 0 Å². The molecule has 0 spiro atoms. The van der Waals surface area contributed by atoms with Gasteiger partial charge in [-0.3, -0.25) is 0 Å². The minimum Gasteiger partial charge on any atom is -0.324 e. The molecule has 0 saturated heterocycles. The summed E-state index contributed by atoms with van der Waals surface area (Å²) < 4.78 is 0. The summed E-state index contributed by atoms with van der Waals surface area (Å²) in [6, 6.07) is 0.131. The van der Waals surface area contributed by atoms with E-state index in [1.54, 1.807) is 0 Å². The predicted octanol–water partition coefficient (Wildman–Crippen LogP) is 5.87. The normalized spacial score (nSPS) is 12.8. The van der Waals surface area contributed by atoms with Crippen molar-refractivity contribution in [1.29, 1.82) is 0 Å². The molecule has 0 amide bonds. The van der Waals surface area contributed by atoms with Gasteiger partial charge in [0, 0.05) is 6.04 Å². The fourth-order valence-electron chi connectivity index (χ4n) is 2.38. The van der Waals surface area contributed by atoms with Crippen LogP contribution >= 0.6 is 12.4 Å². The first kappa shape index (κ1) is 21.3. The summed E-state index contributed by atoms with van der Waals surface area (Å²) in [6.07, 6.45) is 15.6. The molecule has 1 atom stereocenters. The van der Waals surface area contributed by atoms with E-state index in [-0.39, 0.29) is 23.9 Å². The van der Waals surface area contributed by atoms with Gasteiger partial charge < -0.3 is 5.73 Å². The smallest absolute Gasteiger partial charge is 0.0273 e. The Hall–Kier alpha value is -0.0100. The minimum atomic E-state index is 0. The molecular weight excluding hydrogens is 254 g/mol. The molecule has 1 unspecified atom stereocenters. The van der Waals surface area contributed by atoms with E-state index >= 15 is 0 Å². The molecule has 0 aliphatic carbocycles. The van der Waals surface area contributed by atoms with Crippen LogP contribution in [0, 0.1) is 5.41 Å². The van der Waals surface area contributed by atoms with Gasteiger partial charge in [0.15, 0.2) is 0 Å². The average Bonchev–Trinajstić information content (AvgIpc) is 2.35. The number of rotatable bonds is 12. The van der Waals surface area contributed by atoms with Crippen molar-refractivity contribution in [2.45, 2.75) is 91.0 Å². The fraction of sp³-hybridized carbons (Fsp3) is 0.882. The van der Waals surface area contributed by atoms with Crippen LogP contribution in [-0.4, -0.2) is 6.04 Å². The van der Waals surface area contributed by atoms with Crippen molar-refractivity contribution < 1.29 is 0 Å². The first-order chi connectivity index (χ1) is 8.54. The Labute approximate surface area is 127 Å². The Morgan fingerprint density at radius 2 is 1.37 bits per heavy atom. The van der Waals surface area contributed by atoms with Crippen LogP contribution in [0.25, 0.3) is 0 Å². The molecule has 0 aliphatic heterocycles. The third kappa shape index (κ3) is 11.5. The molecule has 0 heterocycles. The molecule has 0 aliphatic rings. The van der Waals surface area contributed by atoms with E-state index < -0.39 is 0 Å². The number of hydrogen-bond donors (Lipinski definition) is 1. The Kier molecular flexibility index (Phi) is 14.6. The number of nitrogens with two attached hydrogens (primary N) is 1. The van der Waals surface area contributed by atoms with Gasteiger partial charge in [-0.2, -0.15) is 0 Å². The Balaban J connectivity index is 0. The number of hydrogen-bond acceptors (Lipinski definition) is 1. The van der Waals surface area contributed by atoms with Gasteiger partial charge >= 0.3 is 0 Å². The van der Waals surface area contributed by atoms with E-state index in [1.165, 1.54) is 64.2 Å².